The average molecular weight is 523 g/mol. The van der Waals surface area contributed by atoms with E-state index in [-0.39, 0.29) is 12.5 Å². The Morgan fingerprint density at radius 1 is 0.743 bits per heavy atom. The summed E-state index contributed by atoms with van der Waals surface area (Å²) in [5.74, 6) is 0.247. The molecule has 1 N–H and O–H groups in total. The second-order valence-electron chi connectivity index (χ2n) is 10.2. The first-order chi connectivity index (χ1) is 16.6. The number of carbonyl (C=O) groups excluding carboxylic acids is 1. The van der Waals surface area contributed by atoms with Crippen molar-refractivity contribution in [1.29, 1.82) is 0 Å². The van der Waals surface area contributed by atoms with Crippen LogP contribution in [-0.2, 0) is 19.4 Å². The highest BCUT2D eigenvalue weighted by Gasteiger charge is 2.10. The van der Waals surface area contributed by atoms with E-state index in [4.69, 9.17) is 0 Å². The maximum Gasteiger partial charge on any atom is 0.219 e. The summed E-state index contributed by atoms with van der Waals surface area (Å²) in [6, 6.07) is 0. The van der Waals surface area contributed by atoms with Crippen LogP contribution >= 0.6 is 0 Å². The van der Waals surface area contributed by atoms with Crippen molar-refractivity contribution >= 4 is 16.3 Å². The first-order valence-corrected chi connectivity index (χ1v) is 15.6. The Kier molecular flexibility index (Phi) is 26.0. The molecule has 7 nitrogen and oxygen atoms in total. The number of nitrogens with one attached hydrogen (secondary N) is 1. The lowest BCUT2D eigenvalue weighted by Gasteiger charge is -2.28. The predicted molar refractivity (Wildman–Crippen MR) is 146 cm³/mol. The Hall–Kier alpha value is -0.700. The van der Waals surface area contributed by atoms with Gasteiger partial charge in [0, 0.05) is 19.4 Å². The molecule has 8 heteroatoms. The molecule has 212 valence electrons. The van der Waals surface area contributed by atoms with E-state index in [1.807, 2.05) is 0 Å². The third-order valence-corrected chi connectivity index (χ3v) is 6.91. The van der Waals surface area contributed by atoms with Gasteiger partial charge in [-0.2, -0.15) is 0 Å². The lowest BCUT2D eigenvalue weighted by molar-refractivity contribution is -0.888. The minimum atomic E-state index is -4.42. The van der Waals surface area contributed by atoms with Crippen LogP contribution in [0.15, 0.2) is 0 Å². The molecule has 0 aromatic carbocycles. The van der Waals surface area contributed by atoms with Gasteiger partial charge in [-0.25, -0.2) is 8.42 Å². The normalized spacial score (nSPS) is 11.7. The van der Waals surface area contributed by atoms with Gasteiger partial charge in [0.15, 0.2) is 0 Å². The van der Waals surface area contributed by atoms with E-state index in [1.54, 1.807) is 0 Å². The van der Waals surface area contributed by atoms with E-state index >= 15 is 0 Å². The first kappa shape index (κ1) is 36.5. The van der Waals surface area contributed by atoms with Crippen molar-refractivity contribution in [2.45, 2.75) is 130 Å². The first-order valence-electron chi connectivity index (χ1n) is 14.3. The van der Waals surface area contributed by atoms with Crippen molar-refractivity contribution in [2.75, 3.05) is 40.3 Å². The van der Waals surface area contributed by atoms with Crippen molar-refractivity contribution in [2.24, 2.45) is 0 Å². The summed E-state index contributed by atoms with van der Waals surface area (Å²) >= 11 is 0. The van der Waals surface area contributed by atoms with Crippen LogP contribution in [0.25, 0.3) is 0 Å². The predicted octanol–water partition coefficient (Wildman–Crippen LogP) is 6.33. The molecular weight excluding hydrogens is 464 g/mol. The molecule has 0 aromatic rings. The number of quaternary nitrogens is 1. The largest absolute Gasteiger partial charge is 0.726 e. The van der Waals surface area contributed by atoms with Crippen molar-refractivity contribution in [3.05, 3.63) is 0 Å². The smallest absolute Gasteiger partial charge is 0.219 e. The summed E-state index contributed by atoms with van der Waals surface area (Å²) in [5.41, 5.74) is 0. The number of hydrogen-bond acceptors (Lipinski definition) is 5. The van der Waals surface area contributed by atoms with Crippen molar-refractivity contribution in [3.8, 4) is 0 Å². The fourth-order valence-electron chi connectivity index (χ4n) is 3.78. The van der Waals surface area contributed by atoms with Crippen LogP contribution in [-0.4, -0.2) is 63.7 Å². The highest BCUT2D eigenvalue weighted by atomic mass is 32.3. The molecule has 0 rings (SSSR count). The van der Waals surface area contributed by atoms with E-state index in [0.717, 1.165) is 37.0 Å². The second-order valence-corrected chi connectivity index (χ2v) is 11.2. The summed E-state index contributed by atoms with van der Waals surface area (Å²) in [5, 5.41) is 3.08. The fourth-order valence-corrected chi connectivity index (χ4v) is 4.07. The van der Waals surface area contributed by atoms with Crippen LogP contribution in [0.1, 0.15) is 130 Å². The molecule has 0 unspecified atom stereocenters. The number of rotatable bonds is 23. The SMILES string of the molecule is CCCCCCCCCCCCCCCCCC(=O)NCCC[N+](C)(C)CC.CCOS(=O)(=O)[O-]. The number of carbonyl (C=O) groups is 1. The monoisotopic (exact) mass is 522 g/mol. The van der Waals surface area contributed by atoms with E-state index in [9.17, 15) is 17.8 Å². The van der Waals surface area contributed by atoms with Gasteiger partial charge in [-0.1, -0.05) is 96.8 Å². The van der Waals surface area contributed by atoms with Gasteiger partial charge in [-0.3, -0.25) is 8.98 Å². The van der Waals surface area contributed by atoms with Crippen LogP contribution in [0.5, 0.6) is 0 Å². The van der Waals surface area contributed by atoms with Gasteiger partial charge in [0.05, 0.1) is 33.8 Å². The highest BCUT2D eigenvalue weighted by molar-refractivity contribution is 7.80. The summed E-state index contributed by atoms with van der Waals surface area (Å²) in [7, 11) is 0.0707. The Labute approximate surface area is 218 Å². The van der Waals surface area contributed by atoms with E-state index in [0.29, 0.717) is 6.42 Å². The van der Waals surface area contributed by atoms with Gasteiger partial charge in [-0.15, -0.1) is 0 Å². The standard InChI is InChI=1S/C25H52N2O.C2H6O4S/c1-5-7-8-9-10-11-12-13-14-15-16-17-18-19-20-22-25(28)26-23-21-24-27(3,4)6-2;1-2-6-7(3,4)5/h5-24H2,1-4H3;2H2,1H3,(H,3,4,5). The number of amides is 1. The molecule has 35 heavy (non-hydrogen) atoms. The zero-order valence-corrected chi connectivity index (χ0v) is 24.6. The summed E-state index contributed by atoms with van der Waals surface area (Å²) in [4.78, 5) is 11.9. The quantitative estimate of drug-likeness (QED) is 0.0732. The molecule has 0 bridgehead atoms. The molecule has 0 heterocycles. The molecular formula is C27H58N2O5S. The summed E-state index contributed by atoms with van der Waals surface area (Å²) < 4.78 is 33.0. The average Bonchev–Trinajstić information content (AvgIpc) is 2.79. The minimum Gasteiger partial charge on any atom is -0.726 e. The lowest BCUT2D eigenvalue weighted by atomic mass is 10.0. The van der Waals surface area contributed by atoms with Crippen LogP contribution in [0.2, 0.25) is 0 Å². The Morgan fingerprint density at radius 3 is 1.51 bits per heavy atom. The van der Waals surface area contributed by atoms with Gasteiger partial charge in [0.2, 0.25) is 16.3 Å². The topological polar surface area (TPSA) is 95.5 Å². The van der Waals surface area contributed by atoms with Gasteiger partial charge in [0.25, 0.3) is 0 Å². The van der Waals surface area contributed by atoms with Gasteiger partial charge >= 0.3 is 0 Å². The second kappa shape index (κ2) is 25.0. The van der Waals surface area contributed by atoms with Crippen molar-refractivity contribution in [1.82, 2.24) is 5.32 Å². The molecule has 0 atom stereocenters. The summed E-state index contributed by atoms with van der Waals surface area (Å²) in [6.45, 7) is 8.95. The molecule has 0 aliphatic rings. The Balaban J connectivity index is 0. The Bertz CT molecular complexity index is 568. The zero-order chi connectivity index (χ0) is 26.8. The summed E-state index contributed by atoms with van der Waals surface area (Å²) in [6.07, 6.45) is 22.3. The third kappa shape index (κ3) is 33.3. The minimum absolute atomic E-state index is 0.0914. The van der Waals surface area contributed by atoms with E-state index in [2.05, 4.69) is 37.4 Å². The molecule has 0 aliphatic carbocycles. The van der Waals surface area contributed by atoms with Crippen LogP contribution in [0.4, 0.5) is 0 Å². The third-order valence-electron chi connectivity index (χ3n) is 6.39. The zero-order valence-electron chi connectivity index (χ0n) is 23.7. The van der Waals surface area contributed by atoms with Gasteiger partial charge in [-0.05, 0) is 20.3 Å². The van der Waals surface area contributed by atoms with Crippen LogP contribution < -0.4 is 5.32 Å². The lowest BCUT2D eigenvalue weighted by Crippen LogP contribution is -2.41. The molecule has 0 aromatic heterocycles. The van der Waals surface area contributed by atoms with Crippen LogP contribution in [0, 0.1) is 0 Å². The Morgan fingerprint density at radius 2 is 1.17 bits per heavy atom. The number of nitrogens with zero attached hydrogens (tertiary/aromatic N) is 1. The van der Waals surface area contributed by atoms with Crippen molar-refractivity contribution < 1.29 is 26.4 Å². The fraction of sp³-hybridized carbons (Fsp3) is 0.963. The molecule has 1 amide bonds. The molecule has 0 radical (unpaired) electrons. The molecule has 0 saturated carbocycles. The molecule has 0 spiro atoms. The number of hydrogen-bond donors (Lipinski definition) is 1. The molecule has 0 fully saturated rings. The molecule has 0 aliphatic heterocycles. The van der Waals surface area contributed by atoms with E-state index in [1.165, 1.54) is 96.8 Å². The van der Waals surface area contributed by atoms with Gasteiger partial charge in [0.1, 0.15) is 0 Å². The van der Waals surface area contributed by atoms with Gasteiger partial charge < -0.3 is 14.4 Å². The highest BCUT2D eigenvalue weighted by Crippen LogP contribution is 2.13. The van der Waals surface area contributed by atoms with Crippen molar-refractivity contribution in [3.63, 3.8) is 0 Å². The maximum atomic E-state index is 11.9. The number of unbranched alkanes of at least 4 members (excludes halogenated alkanes) is 14. The maximum absolute atomic E-state index is 11.9. The molecule has 0 saturated heterocycles. The van der Waals surface area contributed by atoms with E-state index < -0.39 is 10.4 Å². The van der Waals surface area contributed by atoms with Crippen LogP contribution in [0.3, 0.4) is 0 Å².